The monoisotopic (exact) mass is 302 g/mol. The molecule has 1 amide bonds. The lowest BCUT2D eigenvalue weighted by atomic mass is 10.0. The van der Waals surface area contributed by atoms with Crippen molar-refractivity contribution in [3.63, 3.8) is 0 Å². The van der Waals surface area contributed by atoms with Gasteiger partial charge in [0.2, 0.25) is 0 Å². The summed E-state index contributed by atoms with van der Waals surface area (Å²) in [5.74, 6) is 0.483. The third-order valence-corrected chi connectivity index (χ3v) is 3.89. The Bertz CT molecular complexity index is 912. The maximum atomic E-state index is 12.3. The van der Waals surface area contributed by atoms with Crippen LogP contribution in [-0.2, 0) is 4.79 Å². The number of carbonyl (C=O) groups is 1. The molecule has 0 saturated carbocycles. The highest BCUT2D eigenvalue weighted by Crippen LogP contribution is 2.35. The molecular weight excluding hydrogens is 288 g/mol. The first-order valence-electron chi connectivity index (χ1n) is 7.31. The van der Waals surface area contributed by atoms with Gasteiger partial charge in [-0.25, -0.2) is 4.98 Å². The first kappa shape index (κ1) is 13.5. The van der Waals surface area contributed by atoms with Crippen molar-refractivity contribution in [3.8, 4) is 11.1 Å². The van der Waals surface area contributed by atoms with Crippen LogP contribution in [0.1, 0.15) is 17.0 Å². The maximum absolute atomic E-state index is 12.3. The minimum atomic E-state index is -0.131. The van der Waals surface area contributed by atoms with E-state index in [1.165, 1.54) is 0 Å². The van der Waals surface area contributed by atoms with Gasteiger partial charge in [0.25, 0.3) is 5.91 Å². The van der Waals surface area contributed by atoms with Crippen LogP contribution in [0.3, 0.4) is 0 Å². The van der Waals surface area contributed by atoms with Crippen molar-refractivity contribution in [3.05, 3.63) is 65.9 Å². The average Bonchev–Trinajstić information content (AvgIpc) is 3.16. The van der Waals surface area contributed by atoms with Crippen molar-refractivity contribution in [2.24, 2.45) is 0 Å². The molecule has 5 nitrogen and oxygen atoms in total. The van der Waals surface area contributed by atoms with Gasteiger partial charge in [0, 0.05) is 41.1 Å². The summed E-state index contributed by atoms with van der Waals surface area (Å²) in [6, 6.07) is 9.71. The second-order valence-electron chi connectivity index (χ2n) is 5.39. The molecule has 0 fully saturated rings. The van der Waals surface area contributed by atoms with Gasteiger partial charge < -0.3 is 10.3 Å². The van der Waals surface area contributed by atoms with Gasteiger partial charge in [-0.05, 0) is 48.9 Å². The number of carbonyl (C=O) groups excluding carboxylic acids is 1. The highest BCUT2D eigenvalue weighted by atomic mass is 16.2. The molecule has 2 N–H and O–H groups in total. The second kappa shape index (κ2) is 5.21. The van der Waals surface area contributed by atoms with Crippen molar-refractivity contribution >= 4 is 23.4 Å². The molecule has 0 radical (unpaired) electrons. The molecule has 0 atom stereocenters. The van der Waals surface area contributed by atoms with E-state index in [2.05, 4.69) is 20.3 Å². The topological polar surface area (TPSA) is 70.7 Å². The number of pyridine rings is 2. The van der Waals surface area contributed by atoms with Crippen LogP contribution in [0, 0.1) is 6.92 Å². The number of anilines is 1. The molecule has 1 aliphatic rings. The summed E-state index contributed by atoms with van der Waals surface area (Å²) in [7, 11) is 0. The van der Waals surface area contributed by atoms with Gasteiger partial charge in [0.1, 0.15) is 5.82 Å². The summed E-state index contributed by atoms with van der Waals surface area (Å²) in [5.41, 5.74) is 5.23. The molecular formula is C18H14N4O. The van der Waals surface area contributed by atoms with Crippen molar-refractivity contribution in [1.29, 1.82) is 0 Å². The van der Waals surface area contributed by atoms with Gasteiger partial charge in [-0.15, -0.1) is 0 Å². The van der Waals surface area contributed by atoms with Gasteiger partial charge >= 0.3 is 0 Å². The Kier molecular flexibility index (Phi) is 3.05. The van der Waals surface area contributed by atoms with Gasteiger partial charge in [-0.1, -0.05) is 0 Å². The molecule has 0 spiro atoms. The van der Waals surface area contributed by atoms with Crippen molar-refractivity contribution < 1.29 is 4.79 Å². The Labute approximate surface area is 133 Å². The molecule has 3 aromatic heterocycles. The third-order valence-electron chi connectivity index (χ3n) is 3.89. The molecule has 3 aromatic rings. The zero-order valence-electron chi connectivity index (χ0n) is 12.5. The zero-order valence-corrected chi connectivity index (χ0v) is 12.5. The number of hydrogen-bond donors (Lipinski definition) is 2. The number of hydrogen-bond acceptors (Lipinski definition) is 3. The molecule has 4 heterocycles. The number of aromatic amines is 1. The predicted molar refractivity (Wildman–Crippen MR) is 89.5 cm³/mol. The van der Waals surface area contributed by atoms with Crippen molar-refractivity contribution in [2.75, 3.05) is 5.32 Å². The summed E-state index contributed by atoms with van der Waals surface area (Å²) < 4.78 is 0. The van der Waals surface area contributed by atoms with Crippen molar-refractivity contribution in [1.82, 2.24) is 15.0 Å². The van der Waals surface area contributed by atoms with Gasteiger partial charge in [0.15, 0.2) is 0 Å². The largest absolute Gasteiger partial charge is 0.362 e. The Balaban J connectivity index is 1.87. The highest BCUT2D eigenvalue weighted by Gasteiger charge is 2.27. The smallest absolute Gasteiger partial charge is 0.257 e. The van der Waals surface area contributed by atoms with Crippen LogP contribution in [0.5, 0.6) is 0 Å². The van der Waals surface area contributed by atoms with Gasteiger partial charge in [0.05, 0.1) is 5.57 Å². The Morgan fingerprint density at radius 3 is 2.70 bits per heavy atom. The number of rotatable bonds is 2. The molecule has 23 heavy (non-hydrogen) atoms. The number of nitrogens with one attached hydrogen (secondary N) is 2. The molecule has 0 aromatic carbocycles. The molecule has 0 unspecified atom stereocenters. The van der Waals surface area contributed by atoms with Crippen LogP contribution >= 0.6 is 0 Å². The predicted octanol–water partition coefficient (Wildman–Crippen LogP) is 3.27. The van der Waals surface area contributed by atoms with E-state index in [0.717, 1.165) is 28.1 Å². The molecule has 5 heteroatoms. The fraction of sp³-hybridized carbons (Fsp3) is 0.0556. The lowest BCUT2D eigenvalue weighted by Gasteiger charge is -2.08. The second-order valence-corrected chi connectivity index (χ2v) is 5.39. The Morgan fingerprint density at radius 2 is 1.96 bits per heavy atom. The summed E-state index contributed by atoms with van der Waals surface area (Å²) in [6.45, 7) is 1.94. The highest BCUT2D eigenvalue weighted by molar-refractivity contribution is 6.34. The van der Waals surface area contributed by atoms with E-state index >= 15 is 0 Å². The molecule has 1 aliphatic heterocycles. The standard InChI is InChI=1S/C18H14N4O/c1-11-14(12-4-7-19-8-5-12)10-15-16(9-13-3-2-6-20-13)18(23)22-17(15)21-11/h2-10,20H,1H3,(H,21,22,23). The van der Waals surface area contributed by atoms with Crippen LogP contribution in [0.4, 0.5) is 5.82 Å². The molecule has 4 rings (SSSR count). The lowest BCUT2D eigenvalue weighted by Crippen LogP contribution is -2.04. The van der Waals surface area contributed by atoms with E-state index in [9.17, 15) is 4.79 Å². The Hall–Kier alpha value is -3.21. The fourth-order valence-corrected chi connectivity index (χ4v) is 2.76. The SMILES string of the molecule is Cc1nc2c(cc1-c1ccncc1)C(=Cc1ccc[nH]1)C(=O)N2. The number of amides is 1. The van der Waals surface area contributed by atoms with Crippen LogP contribution in [0.15, 0.2) is 48.9 Å². The normalized spacial score (nSPS) is 14.8. The van der Waals surface area contributed by atoms with Crippen LogP contribution in [-0.4, -0.2) is 20.9 Å². The molecule has 0 aliphatic carbocycles. The Morgan fingerprint density at radius 1 is 1.13 bits per heavy atom. The van der Waals surface area contributed by atoms with E-state index in [0.29, 0.717) is 11.4 Å². The minimum Gasteiger partial charge on any atom is -0.362 e. The zero-order chi connectivity index (χ0) is 15.8. The quantitative estimate of drug-likeness (QED) is 0.714. The van der Waals surface area contributed by atoms with Crippen LogP contribution in [0.25, 0.3) is 22.8 Å². The summed E-state index contributed by atoms with van der Waals surface area (Å²) >= 11 is 0. The molecule has 0 bridgehead atoms. The number of aryl methyl sites for hydroxylation is 1. The number of fused-ring (bicyclic) bond motifs is 1. The number of aromatic nitrogens is 3. The summed E-state index contributed by atoms with van der Waals surface area (Å²) in [6.07, 6.45) is 7.17. The maximum Gasteiger partial charge on any atom is 0.257 e. The first-order chi connectivity index (χ1) is 11.2. The lowest BCUT2D eigenvalue weighted by molar-refractivity contribution is -0.110. The molecule has 112 valence electrons. The summed E-state index contributed by atoms with van der Waals surface area (Å²) in [5, 5.41) is 2.83. The van der Waals surface area contributed by atoms with E-state index < -0.39 is 0 Å². The fourth-order valence-electron chi connectivity index (χ4n) is 2.76. The number of H-pyrrole nitrogens is 1. The van der Waals surface area contributed by atoms with E-state index in [-0.39, 0.29) is 5.91 Å². The third kappa shape index (κ3) is 2.32. The molecule has 0 saturated heterocycles. The minimum absolute atomic E-state index is 0.131. The first-order valence-corrected chi connectivity index (χ1v) is 7.31. The van der Waals surface area contributed by atoms with Crippen molar-refractivity contribution in [2.45, 2.75) is 6.92 Å². The van der Waals surface area contributed by atoms with Crippen LogP contribution < -0.4 is 5.32 Å². The van der Waals surface area contributed by atoms with E-state index in [4.69, 9.17) is 0 Å². The summed E-state index contributed by atoms with van der Waals surface area (Å²) in [4.78, 5) is 24.0. The van der Waals surface area contributed by atoms with Gasteiger partial charge in [-0.3, -0.25) is 9.78 Å². The van der Waals surface area contributed by atoms with E-state index in [1.807, 2.05) is 49.5 Å². The van der Waals surface area contributed by atoms with Crippen LogP contribution in [0.2, 0.25) is 0 Å². The average molecular weight is 302 g/mol. The number of nitrogens with zero attached hydrogens (tertiary/aromatic N) is 2. The van der Waals surface area contributed by atoms with Gasteiger partial charge in [-0.2, -0.15) is 0 Å². The van der Waals surface area contributed by atoms with E-state index in [1.54, 1.807) is 12.4 Å².